The summed E-state index contributed by atoms with van der Waals surface area (Å²) in [5, 5.41) is 2.19. The van der Waals surface area contributed by atoms with Gasteiger partial charge in [0.05, 0.1) is 17.7 Å². The molecule has 0 spiro atoms. The van der Waals surface area contributed by atoms with Crippen molar-refractivity contribution in [3.63, 3.8) is 0 Å². The number of hydrogen-bond acceptors (Lipinski definition) is 2. The van der Waals surface area contributed by atoms with Gasteiger partial charge in [-0.1, -0.05) is 0 Å². The van der Waals surface area contributed by atoms with Crippen molar-refractivity contribution in [1.82, 2.24) is 0 Å². The van der Waals surface area contributed by atoms with Crippen LogP contribution in [0.2, 0.25) is 0 Å². The number of nitrogens with two attached hydrogens (primary N) is 1. The van der Waals surface area contributed by atoms with Gasteiger partial charge < -0.3 is 11.1 Å². The lowest BCUT2D eigenvalue weighted by Gasteiger charge is -2.12. The highest BCUT2D eigenvalue weighted by Gasteiger charge is 2.37. The summed E-state index contributed by atoms with van der Waals surface area (Å²) in [7, 11) is 0. The highest BCUT2D eigenvalue weighted by atomic mass is 19.4. The second kappa shape index (κ2) is 2.88. The van der Waals surface area contributed by atoms with Gasteiger partial charge in [0.15, 0.2) is 0 Å². The molecule has 0 atom stereocenters. The Kier molecular flexibility index (Phi) is 1.89. The van der Waals surface area contributed by atoms with E-state index in [-0.39, 0.29) is 17.8 Å². The number of anilines is 2. The van der Waals surface area contributed by atoms with E-state index in [1.807, 2.05) is 0 Å². The van der Waals surface area contributed by atoms with Crippen LogP contribution in [0.15, 0.2) is 12.1 Å². The first-order valence-corrected chi connectivity index (χ1v) is 4.17. The summed E-state index contributed by atoms with van der Waals surface area (Å²) in [6.45, 7) is 0. The molecule has 0 aliphatic carbocycles. The normalized spacial score (nSPS) is 15.0. The van der Waals surface area contributed by atoms with Crippen LogP contribution in [-0.4, -0.2) is 5.91 Å². The number of nitrogen functional groups attached to an aromatic ring is 1. The van der Waals surface area contributed by atoms with Crippen LogP contribution in [0, 0.1) is 0 Å². The van der Waals surface area contributed by atoms with E-state index >= 15 is 0 Å². The van der Waals surface area contributed by atoms with Gasteiger partial charge >= 0.3 is 6.18 Å². The number of fused-ring (bicyclic) bond motifs is 1. The first-order valence-electron chi connectivity index (χ1n) is 4.17. The van der Waals surface area contributed by atoms with Gasteiger partial charge in [-0.15, -0.1) is 0 Å². The number of benzene rings is 1. The smallest absolute Gasteiger partial charge is 0.399 e. The lowest BCUT2D eigenvalue weighted by Crippen LogP contribution is -2.11. The largest absolute Gasteiger partial charge is 0.418 e. The topological polar surface area (TPSA) is 55.1 Å². The number of carbonyl (C=O) groups is 1. The maximum absolute atomic E-state index is 12.5. The number of halogens is 3. The lowest BCUT2D eigenvalue weighted by atomic mass is 10.1. The molecule has 2 rings (SSSR count). The Morgan fingerprint density at radius 2 is 2.00 bits per heavy atom. The Bertz CT molecular complexity index is 440. The SMILES string of the molecule is Nc1cc2c(c(C(F)(F)F)c1)NC(=O)C2. The van der Waals surface area contributed by atoms with Crippen molar-refractivity contribution in [2.24, 2.45) is 0 Å². The molecule has 0 saturated carbocycles. The van der Waals surface area contributed by atoms with Gasteiger partial charge in [-0.3, -0.25) is 4.79 Å². The third-order valence-electron chi connectivity index (χ3n) is 2.16. The highest BCUT2D eigenvalue weighted by molar-refractivity contribution is 6.00. The number of nitrogens with one attached hydrogen (secondary N) is 1. The molecule has 3 nitrogen and oxygen atoms in total. The third-order valence-corrected chi connectivity index (χ3v) is 2.16. The summed E-state index contributed by atoms with van der Waals surface area (Å²) < 4.78 is 37.6. The van der Waals surface area contributed by atoms with Gasteiger partial charge in [0, 0.05) is 5.69 Å². The average Bonchev–Trinajstić information content (AvgIpc) is 2.41. The number of hydrogen-bond donors (Lipinski definition) is 2. The Hall–Kier alpha value is -1.72. The van der Waals surface area contributed by atoms with Crippen molar-refractivity contribution in [1.29, 1.82) is 0 Å². The van der Waals surface area contributed by atoms with E-state index in [1.165, 1.54) is 6.07 Å². The van der Waals surface area contributed by atoms with Gasteiger partial charge in [0.25, 0.3) is 0 Å². The van der Waals surface area contributed by atoms with Gasteiger partial charge in [-0.05, 0) is 17.7 Å². The van der Waals surface area contributed by atoms with E-state index in [0.29, 0.717) is 5.56 Å². The second-order valence-corrected chi connectivity index (χ2v) is 3.33. The van der Waals surface area contributed by atoms with Crippen LogP contribution in [0.25, 0.3) is 0 Å². The molecular formula is C9H7F3N2O. The third kappa shape index (κ3) is 1.62. The fourth-order valence-corrected chi connectivity index (χ4v) is 1.59. The van der Waals surface area contributed by atoms with Crippen molar-refractivity contribution in [2.75, 3.05) is 11.1 Å². The molecule has 1 aliphatic rings. The monoisotopic (exact) mass is 216 g/mol. The highest BCUT2D eigenvalue weighted by Crippen LogP contribution is 2.40. The number of amides is 1. The van der Waals surface area contributed by atoms with Crippen molar-refractivity contribution >= 4 is 17.3 Å². The van der Waals surface area contributed by atoms with Crippen molar-refractivity contribution in [3.8, 4) is 0 Å². The summed E-state index contributed by atoms with van der Waals surface area (Å²) >= 11 is 0. The maximum atomic E-state index is 12.5. The molecule has 0 bridgehead atoms. The van der Waals surface area contributed by atoms with Crippen LogP contribution in [0.1, 0.15) is 11.1 Å². The summed E-state index contributed by atoms with van der Waals surface area (Å²) in [6, 6.07) is 2.20. The predicted octanol–water partition coefficient (Wildman–Crippen LogP) is 1.78. The molecule has 1 amide bonds. The molecule has 15 heavy (non-hydrogen) atoms. The fraction of sp³-hybridized carbons (Fsp3) is 0.222. The summed E-state index contributed by atoms with van der Waals surface area (Å²) in [5.41, 5.74) is 4.59. The minimum atomic E-state index is -4.50. The van der Waals surface area contributed by atoms with Gasteiger partial charge in [0.1, 0.15) is 0 Å². The van der Waals surface area contributed by atoms with Crippen molar-refractivity contribution < 1.29 is 18.0 Å². The van der Waals surface area contributed by atoms with Crippen LogP contribution in [0.3, 0.4) is 0 Å². The van der Waals surface area contributed by atoms with Crippen LogP contribution in [-0.2, 0) is 17.4 Å². The molecule has 1 aliphatic heterocycles. The van der Waals surface area contributed by atoms with Crippen LogP contribution in [0.4, 0.5) is 24.5 Å². The molecule has 3 N–H and O–H groups in total. The first kappa shape index (κ1) is 9.82. The number of carbonyl (C=O) groups excluding carboxylic acids is 1. The molecule has 0 saturated heterocycles. The minimum absolute atomic E-state index is 0.0116. The molecule has 0 unspecified atom stereocenters. The average molecular weight is 216 g/mol. The first-order chi connectivity index (χ1) is 6.88. The van der Waals surface area contributed by atoms with Gasteiger partial charge in [-0.25, -0.2) is 0 Å². The molecule has 1 aromatic rings. The summed E-state index contributed by atoms with van der Waals surface area (Å²) in [6.07, 6.45) is -4.56. The fourth-order valence-electron chi connectivity index (χ4n) is 1.59. The van der Waals surface area contributed by atoms with Gasteiger partial charge in [0.2, 0.25) is 5.91 Å². The van der Waals surface area contributed by atoms with Crippen LogP contribution >= 0.6 is 0 Å². The molecule has 0 radical (unpaired) electrons. The maximum Gasteiger partial charge on any atom is 0.418 e. The zero-order valence-corrected chi connectivity index (χ0v) is 7.48. The second-order valence-electron chi connectivity index (χ2n) is 3.33. The number of alkyl halides is 3. The van der Waals surface area contributed by atoms with Crippen LogP contribution < -0.4 is 11.1 Å². The van der Waals surface area contributed by atoms with E-state index in [4.69, 9.17) is 5.73 Å². The van der Waals surface area contributed by atoms with E-state index in [2.05, 4.69) is 5.32 Å². The zero-order valence-electron chi connectivity index (χ0n) is 7.48. The molecule has 1 aromatic carbocycles. The Labute approximate surface area is 83.1 Å². The summed E-state index contributed by atoms with van der Waals surface area (Å²) in [5.74, 6) is -0.443. The Morgan fingerprint density at radius 1 is 1.33 bits per heavy atom. The van der Waals surface area contributed by atoms with Crippen molar-refractivity contribution in [2.45, 2.75) is 12.6 Å². The molecule has 0 aromatic heterocycles. The Balaban J connectivity index is 2.62. The van der Waals surface area contributed by atoms with Crippen LogP contribution in [0.5, 0.6) is 0 Å². The molecule has 6 heteroatoms. The number of rotatable bonds is 0. The quantitative estimate of drug-likeness (QED) is 0.649. The van der Waals surface area contributed by atoms with E-state index in [9.17, 15) is 18.0 Å². The molecule has 80 valence electrons. The van der Waals surface area contributed by atoms with E-state index < -0.39 is 17.6 Å². The molecule has 1 heterocycles. The summed E-state index contributed by atoms with van der Waals surface area (Å²) in [4.78, 5) is 11.0. The van der Waals surface area contributed by atoms with Gasteiger partial charge in [-0.2, -0.15) is 13.2 Å². The zero-order chi connectivity index (χ0) is 11.2. The minimum Gasteiger partial charge on any atom is -0.399 e. The van der Waals surface area contributed by atoms with E-state index in [1.54, 1.807) is 0 Å². The van der Waals surface area contributed by atoms with Crippen molar-refractivity contribution in [3.05, 3.63) is 23.3 Å². The molecular weight excluding hydrogens is 209 g/mol. The standard InChI is InChI=1S/C9H7F3N2O/c10-9(11,12)6-3-5(13)1-4-2-7(15)14-8(4)6/h1,3H,2,13H2,(H,14,15). The molecule has 0 fully saturated rings. The lowest BCUT2D eigenvalue weighted by molar-refractivity contribution is -0.136. The van der Waals surface area contributed by atoms with E-state index in [0.717, 1.165) is 6.07 Å². The Morgan fingerprint density at radius 3 is 2.60 bits per heavy atom. The predicted molar refractivity (Wildman–Crippen MR) is 48.2 cm³/mol.